The van der Waals surface area contributed by atoms with Gasteiger partial charge in [-0.05, 0) is 25.5 Å². The van der Waals surface area contributed by atoms with Crippen LogP contribution in [0.5, 0.6) is 0 Å². The average molecular weight is 331 g/mol. The molecule has 0 radical (unpaired) electrons. The number of nitrogens with one attached hydrogen (secondary N) is 2. The van der Waals surface area contributed by atoms with Crippen LogP contribution in [-0.2, 0) is 0 Å². The number of guanidine groups is 1. The summed E-state index contributed by atoms with van der Waals surface area (Å²) in [5.41, 5.74) is 0. The summed E-state index contributed by atoms with van der Waals surface area (Å²) in [5, 5.41) is 7.91. The summed E-state index contributed by atoms with van der Waals surface area (Å²) in [6, 6.07) is 0.591. The van der Waals surface area contributed by atoms with Crippen LogP contribution < -0.4 is 10.6 Å². The second-order valence-electron chi connectivity index (χ2n) is 5.82. The Morgan fingerprint density at radius 2 is 2.14 bits per heavy atom. The van der Waals surface area contributed by atoms with Crippen LogP contribution in [-0.4, -0.2) is 73.1 Å². The molecule has 2 unspecified atom stereocenters. The lowest BCUT2D eigenvalue weighted by Crippen LogP contribution is -2.48. The molecule has 0 aromatic carbocycles. The van der Waals surface area contributed by atoms with Gasteiger partial charge >= 0.3 is 0 Å². The van der Waals surface area contributed by atoms with Crippen LogP contribution in [0.25, 0.3) is 0 Å². The van der Waals surface area contributed by atoms with Gasteiger partial charge in [-0.25, -0.2) is 0 Å². The van der Waals surface area contributed by atoms with Crippen molar-refractivity contribution in [2.24, 2.45) is 4.99 Å². The number of nitrogens with zero attached hydrogens (tertiary/aromatic N) is 2. The van der Waals surface area contributed by atoms with E-state index in [0.717, 1.165) is 24.3 Å². The molecule has 0 spiro atoms. The highest BCUT2D eigenvalue weighted by Gasteiger charge is 2.21. The fraction of sp³-hybridized carbons (Fsp3) is 0.933. The lowest BCUT2D eigenvalue weighted by atomic mass is 9.95. The van der Waals surface area contributed by atoms with Crippen LogP contribution in [0.3, 0.4) is 0 Å². The third kappa shape index (κ3) is 6.28. The second kappa shape index (κ2) is 9.85. The number of thioether (sulfide) groups is 2. The predicted molar refractivity (Wildman–Crippen MR) is 97.8 cm³/mol. The summed E-state index contributed by atoms with van der Waals surface area (Å²) in [7, 11) is 1.88. The number of hydrogen-bond donors (Lipinski definition) is 2. The fourth-order valence-corrected chi connectivity index (χ4v) is 4.84. The van der Waals surface area contributed by atoms with Gasteiger partial charge in [0.05, 0.1) is 0 Å². The first-order chi connectivity index (χ1) is 10.3. The van der Waals surface area contributed by atoms with E-state index in [4.69, 9.17) is 0 Å². The van der Waals surface area contributed by atoms with Crippen molar-refractivity contribution in [1.82, 2.24) is 15.5 Å². The number of rotatable bonds is 5. The Bertz CT molecular complexity index is 319. The predicted octanol–water partition coefficient (Wildman–Crippen LogP) is 1.87. The number of aliphatic imine (C=N–C) groups is 1. The lowest BCUT2D eigenvalue weighted by molar-refractivity contribution is 0.306. The molecule has 2 aliphatic rings. The Morgan fingerprint density at radius 1 is 1.33 bits per heavy atom. The molecular formula is C15H30N4S2. The largest absolute Gasteiger partial charge is 0.355 e. The minimum atomic E-state index is 0.591. The highest BCUT2D eigenvalue weighted by Crippen LogP contribution is 2.26. The van der Waals surface area contributed by atoms with Gasteiger partial charge < -0.3 is 10.6 Å². The molecule has 2 rings (SSSR count). The van der Waals surface area contributed by atoms with Gasteiger partial charge in [-0.15, -0.1) is 0 Å². The molecule has 6 heteroatoms. The maximum atomic E-state index is 4.38. The van der Waals surface area contributed by atoms with Crippen molar-refractivity contribution in [3.8, 4) is 0 Å². The highest BCUT2D eigenvalue weighted by atomic mass is 32.2. The van der Waals surface area contributed by atoms with Crippen LogP contribution in [0.1, 0.15) is 25.7 Å². The topological polar surface area (TPSA) is 39.7 Å². The molecule has 0 bridgehead atoms. The van der Waals surface area contributed by atoms with Crippen molar-refractivity contribution in [2.45, 2.75) is 37.0 Å². The zero-order valence-corrected chi connectivity index (χ0v) is 15.1. The summed E-state index contributed by atoms with van der Waals surface area (Å²) in [5.74, 6) is 3.55. The third-order valence-electron chi connectivity index (χ3n) is 4.35. The van der Waals surface area contributed by atoms with E-state index in [1.165, 1.54) is 50.3 Å². The van der Waals surface area contributed by atoms with E-state index < -0.39 is 0 Å². The van der Waals surface area contributed by atoms with Gasteiger partial charge in [0.2, 0.25) is 0 Å². The van der Waals surface area contributed by atoms with Gasteiger partial charge in [-0.1, -0.05) is 6.42 Å². The fourth-order valence-electron chi connectivity index (χ4n) is 3.04. The van der Waals surface area contributed by atoms with E-state index in [1.54, 1.807) is 0 Å². The molecular weight excluding hydrogens is 300 g/mol. The minimum absolute atomic E-state index is 0.591. The summed E-state index contributed by atoms with van der Waals surface area (Å²) < 4.78 is 0. The maximum absolute atomic E-state index is 4.38. The van der Waals surface area contributed by atoms with Crippen LogP contribution >= 0.6 is 23.5 Å². The molecule has 122 valence electrons. The monoisotopic (exact) mass is 330 g/mol. The molecule has 0 amide bonds. The van der Waals surface area contributed by atoms with Gasteiger partial charge in [0.25, 0.3) is 0 Å². The van der Waals surface area contributed by atoms with Crippen molar-refractivity contribution >= 4 is 29.5 Å². The molecule has 1 aliphatic heterocycles. The standard InChI is InChI=1S/C15H30N4S2/c1-16-15(17-6-7-19-8-10-21-11-9-19)18-13-4-3-5-14(12-13)20-2/h13-14H,3-12H2,1-2H3,(H2,16,17,18). The van der Waals surface area contributed by atoms with E-state index in [1.807, 2.05) is 18.8 Å². The molecule has 2 N–H and O–H groups in total. The van der Waals surface area contributed by atoms with Gasteiger partial charge in [0.1, 0.15) is 0 Å². The molecule has 2 fully saturated rings. The van der Waals surface area contributed by atoms with Crippen molar-refractivity contribution < 1.29 is 0 Å². The summed E-state index contributed by atoms with van der Waals surface area (Å²) in [4.78, 5) is 6.92. The Balaban J connectivity index is 1.65. The summed E-state index contributed by atoms with van der Waals surface area (Å²) >= 11 is 4.08. The van der Waals surface area contributed by atoms with Crippen LogP contribution in [0.2, 0.25) is 0 Å². The van der Waals surface area contributed by atoms with Crippen molar-refractivity contribution in [3.05, 3.63) is 0 Å². The van der Waals surface area contributed by atoms with Crippen LogP contribution in [0, 0.1) is 0 Å². The Hall–Kier alpha value is -0.0700. The zero-order chi connectivity index (χ0) is 14.9. The third-order valence-corrected chi connectivity index (χ3v) is 6.39. The zero-order valence-electron chi connectivity index (χ0n) is 13.4. The van der Waals surface area contributed by atoms with E-state index in [9.17, 15) is 0 Å². The summed E-state index contributed by atoms with van der Waals surface area (Å²) in [6.45, 7) is 4.58. The van der Waals surface area contributed by atoms with Gasteiger partial charge in [-0.2, -0.15) is 23.5 Å². The van der Waals surface area contributed by atoms with Crippen molar-refractivity contribution in [2.75, 3.05) is 51.0 Å². The Labute approximate surface area is 138 Å². The average Bonchev–Trinajstić information content (AvgIpc) is 2.55. The lowest BCUT2D eigenvalue weighted by Gasteiger charge is -2.30. The van der Waals surface area contributed by atoms with E-state index in [2.05, 4.69) is 38.5 Å². The van der Waals surface area contributed by atoms with E-state index in [-0.39, 0.29) is 0 Å². The van der Waals surface area contributed by atoms with Gasteiger partial charge in [-0.3, -0.25) is 9.89 Å². The molecule has 21 heavy (non-hydrogen) atoms. The number of hydrogen-bond acceptors (Lipinski definition) is 4. The Morgan fingerprint density at radius 3 is 2.86 bits per heavy atom. The summed E-state index contributed by atoms with van der Waals surface area (Å²) in [6.07, 6.45) is 7.49. The molecule has 4 nitrogen and oxygen atoms in total. The first-order valence-corrected chi connectivity index (χ1v) is 10.6. The van der Waals surface area contributed by atoms with Crippen molar-refractivity contribution in [3.63, 3.8) is 0 Å². The van der Waals surface area contributed by atoms with Crippen molar-refractivity contribution in [1.29, 1.82) is 0 Å². The SMILES string of the molecule is CN=C(NCCN1CCSCC1)NC1CCCC(SC)C1. The van der Waals surface area contributed by atoms with Crippen LogP contribution in [0.4, 0.5) is 0 Å². The van der Waals surface area contributed by atoms with E-state index in [0.29, 0.717) is 6.04 Å². The molecule has 1 heterocycles. The quantitative estimate of drug-likeness (QED) is 0.595. The molecule has 1 saturated heterocycles. The van der Waals surface area contributed by atoms with Crippen LogP contribution in [0.15, 0.2) is 4.99 Å². The van der Waals surface area contributed by atoms with Gasteiger partial charge in [0.15, 0.2) is 5.96 Å². The van der Waals surface area contributed by atoms with Gasteiger partial charge in [0, 0.05) is 56.0 Å². The maximum Gasteiger partial charge on any atom is 0.191 e. The smallest absolute Gasteiger partial charge is 0.191 e. The highest BCUT2D eigenvalue weighted by molar-refractivity contribution is 7.99. The normalized spacial score (nSPS) is 28.4. The molecule has 0 aromatic rings. The second-order valence-corrected chi connectivity index (χ2v) is 8.18. The van der Waals surface area contributed by atoms with E-state index >= 15 is 0 Å². The molecule has 1 saturated carbocycles. The Kier molecular flexibility index (Phi) is 8.11. The minimum Gasteiger partial charge on any atom is -0.355 e. The first-order valence-electron chi connectivity index (χ1n) is 8.12. The molecule has 1 aliphatic carbocycles. The molecule has 0 aromatic heterocycles. The first kappa shape index (κ1) is 17.3. The molecule has 2 atom stereocenters.